The highest BCUT2D eigenvalue weighted by Gasteiger charge is 2.23. The van der Waals surface area contributed by atoms with Crippen LogP contribution in [0, 0.1) is 5.92 Å². The molecule has 0 fully saturated rings. The number of aliphatic imine (C=N–C) groups is 1. The van der Waals surface area contributed by atoms with Crippen molar-refractivity contribution in [1.29, 1.82) is 0 Å². The Morgan fingerprint density at radius 3 is 2.50 bits per heavy atom. The van der Waals surface area contributed by atoms with Gasteiger partial charge in [-0.25, -0.2) is 0 Å². The summed E-state index contributed by atoms with van der Waals surface area (Å²) in [6.07, 6.45) is 2.09. The van der Waals surface area contributed by atoms with Crippen molar-refractivity contribution in [2.24, 2.45) is 10.9 Å². The van der Waals surface area contributed by atoms with E-state index in [9.17, 15) is 14.4 Å². The third-order valence-electron chi connectivity index (χ3n) is 1.69. The lowest BCUT2D eigenvalue weighted by Crippen LogP contribution is -2.24. The van der Waals surface area contributed by atoms with Gasteiger partial charge in [-0.1, -0.05) is 0 Å². The molecule has 0 radical (unpaired) electrons. The lowest BCUT2D eigenvalue weighted by molar-refractivity contribution is -0.150. The highest BCUT2D eigenvalue weighted by Crippen LogP contribution is 2.03. The van der Waals surface area contributed by atoms with Crippen LogP contribution in [0.5, 0.6) is 0 Å². The molecule has 0 aliphatic heterocycles. The van der Waals surface area contributed by atoms with Gasteiger partial charge in [0.15, 0.2) is 5.92 Å². The number of hydrogen-bond donors (Lipinski definition) is 3. The van der Waals surface area contributed by atoms with Crippen molar-refractivity contribution in [3.8, 4) is 0 Å². The van der Waals surface area contributed by atoms with E-state index in [1.807, 2.05) is 0 Å². The van der Waals surface area contributed by atoms with E-state index < -0.39 is 23.4 Å². The van der Waals surface area contributed by atoms with Crippen LogP contribution in [-0.4, -0.2) is 33.4 Å². The molecule has 0 unspecified atom stereocenters. The summed E-state index contributed by atoms with van der Waals surface area (Å²) in [6.45, 7) is 0. The van der Waals surface area contributed by atoms with E-state index in [0.29, 0.717) is 6.21 Å². The highest BCUT2D eigenvalue weighted by molar-refractivity contribution is 6.08. The van der Waals surface area contributed by atoms with Crippen molar-refractivity contribution < 1.29 is 19.8 Å². The zero-order valence-corrected chi connectivity index (χ0v) is 7.95. The number of hydrogen-bond acceptors (Lipinski definition) is 4. The third-order valence-corrected chi connectivity index (χ3v) is 1.69. The smallest absolute Gasteiger partial charge is 0.323 e. The van der Waals surface area contributed by atoms with Crippen LogP contribution in [0.25, 0.3) is 0 Å². The number of carbonyl (C=O) groups is 2. The Morgan fingerprint density at radius 2 is 2.00 bits per heavy atom. The quantitative estimate of drug-likeness (QED) is 0.485. The fraction of sp³-hybridized carbons (Fsp3) is 0.111. The lowest BCUT2D eigenvalue weighted by atomic mass is 10.2. The van der Waals surface area contributed by atoms with Gasteiger partial charge in [0.2, 0.25) is 0 Å². The van der Waals surface area contributed by atoms with E-state index in [2.05, 4.69) is 9.98 Å². The van der Waals surface area contributed by atoms with Crippen LogP contribution in [0.15, 0.2) is 28.1 Å². The summed E-state index contributed by atoms with van der Waals surface area (Å²) in [4.78, 5) is 37.9. The standard InChI is InChI=1S/C9H8N2O5/c12-7-6(2-1-3-10-7)11-4-5(8(13)14)9(15)16/h1-5H,(H,10,12)(H,13,14)(H,15,16). The molecule has 7 nitrogen and oxygen atoms in total. The van der Waals surface area contributed by atoms with Crippen LogP contribution in [0.4, 0.5) is 5.69 Å². The SMILES string of the molecule is O=C(O)C(C=Nc1ccc[nH]c1=O)C(=O)O. The second-order valence-corrected chi connectivity index (χ2v) is 2.82. The first-order chi connectivity index (χ1) is 7.52. The van der Waals surface area contributed by atoms with Gasteiger partial charge in [0.05, 0.1) is 0 Å². The molecule has 0 bridgehead atoms. The van der Waals surface area contributed by atoms with Crippen LogP contribution in [0.3, 0.4) is 0 Å². The van der Waals surface area contributed by atoms with E-state index in [1.165, 1.54) is 18.3 Å². The van der Waals surface area contributed by atoms with Gasteiger partial charge in [0.1, 0.15) is 5.69 Å². The first-order valence-electron chi connectivity index (χ1n) is 4.20. The van der Waals surface area contributed by atoms with Crippen LogP contribution >= 0.6 is 0 Å². The topological polar surface area (TPSA) is 120 Å². The maximum Gasteiger partial charge on any atom is 0.323 e. The molecule has 0 spiro atoms. The van der Waals surface area contributed by atoms with Gasteiger partial charge in [-0.2, -0.15) is 0 Å². The highest BCUT2D eigenvalue weighted by atomic mass is 16.4. The number of carboxylic acid groups (broad SMARTS) is 2. The van der Waals surface area contributed by atoms with Gasteiger partial charge in [-0.05, 0) is 12.1 Å². The number of aromatic amines is 1. The lowest BCUT2D eigenvalue weighted by Gasteiger charge is -1.98. The summed E-state index contributed by atoms with van der Waals surface area (Å²) in [5.74, 6) is -4.84. The zero-order valence-electron chi connectivity index (χ0n) is 7.95. The number of aromatic nitrogens is 1. The number of carboxylic acids is 2. The number of aliphatic carboxylic acids is 2. The van der Waals surface area contributed by atoms with Crippen LogP contribution in [0.2, 0.25) is 0 Å². The average molecular weight is 224 g/mol. The summed E-state index contributed by atoms with van der Waals surface area (Å²) < 4.78 is 0. The molecule has 1 aromatic heterocycles. The van der Waals surface area contributed by atoms with Gasteiger partial charge < -0.3 is 15.2 Å². The Hall–Kier alpha value is -2.44. The fourth-order valence-corrected chi connectivity index (χ4v) is 0.902. The van der Waals surface area contributed by atoms with E-state index in [0.717, 1.165) is 0 Å². The zero-order chi connectivity index (χ0) is 12.1. The van der Waals surface area contributed by atoms with Gasteiger partial charge in [0.25, 0.3) is 5.56 Å². The Morgan fingerprint density at radius 1 is 1.38 bits per heavy atom. The number of pyridine rings is 1. The average Bonchev–Trinajstić information content (AvgIpc) is 2.20. The molecule has 0 saturated heterocycles. The monoisotopic (exact) mass is 224 g/mol. The molecular weight excluding hydrogens is 216 g/mol. The molecular formula is C9H8N2O5. The molecule has 7 heteroatoms. The van der Waals surface area contributed by atoms with Crippen molar-refractivity contribution in [3.63, 3.8) is 0 Å². The largest absolute Gasteiger partial charge is 0.480 e. The molecule has 0 saturated carbocycles. The van der Waals surface area contributed by atoms with Crippen molar-refractivity contribution in [2.45, 2.75) is 0 Å². The molecule has 16 heavy (non-hydrogen) atoms. The minimum atomic E-state index is -1.76. The van der Waals surface area contributed by atoms with Gasteiger partial charge in [-0.15, -0.1) is 0 Å². The Kier molecular flexibility index (Phi) is 3.54. The maximum absolute atomic E-state index is 11.1. The number of nitrogens with one attached hydrogen (secondary N) is 1. The summed E-state index contributed by atoms with van der Waals surface area (Å²) in [5.41, 5.74) is -0.566. The first-order valence-corrected chi connectivity index (χ1v) is 4.20. The second kappa shape index (κ2) is 4.87. The van der Waals surface area contributed by atoms with E-state index in [-0.39, 0.29) is 5.69 Å². The Balaban J connectivity index is 2.96. The molecule has 0 aliphatic carbocycles. The third kappa shape index (κ3) is 2.77. The Bertz CT molecular complexity index is 477. The number of rotatable bonds is 4. The van der Waals surface area contributed by atoms with Gasteiger partial charge in [0, 0.05) is 12.4 Å². The summed E-state index contributed by atoms with van der Waals surface area (Å²) >= 11 is 0. The van der Waals surface area contributed by atoms with E-state index >= 15 is 0 Å². The summed E-state index contributed by atoms with van der Waals surface area (Å²) in [7, 11) is 0. The van der Waals surface area contributed by atoms with Crippen LogP contribution in [0.1, 0.15) is 0 Å². The maximum atomic E-state index is 11.1. The first kappa shape index (κ1) is 11.6. The molecule has 1 aromatic rings. The van der Waals surface area contributed by atoms with Gasteiger partial charge in [-0.3, -0.25) is 19.4 Å². The fourth-order valence-electron chi connectivity index (χ4n) is 0.902. The summed E-state index contributed by atoms with van der Waals surface area (Å²) in [6, 6.07) is 2.83. The molecule has 1 heterocycles. The minimum absolute atomic E-state index is 0.0463. The molecule has 0 atom stereocenters. The predicted octanol–water partition coefficient (Wildman–Crippen LogP) is -0.137. The normalized spacial score (nSPS) is 10.8. The molecule has 3 N–H and O–H groups in total. The minimum Gasteiger partial charge on any atom is -0.480 e. The molecule has 84 valence electrons. The van der Waals surface area contributed by atoms with E-state index in [1.54, 1.807) is 0 Å². The van der Waals surface area contributed by atoms with Crippen molar-refractivity contribution in [1.82, 2.24) is 4.98 Å². The molecule has 1 rings (SSSR count). The molecule has 0 aromatic carbocycles. The van der Waals surface area contributed by atoms with Crippen molar-refractivity contribution >= 4 is 23.8 Å². The number of H-pyrrole nitrogens is 1. The van der Waals surface area contributed by atoms with Crippen molar-refractivity contribution in [3.05, 3.63) is 28.7 Å². The van der Waals surface area contributed by atoms with Crippen molar-refractivity contribution in [2.75, 3.05) is 0 Å². The van der Waals surface area contributed by atoms with Gasteiger partial charge >= 0.3 is 11.9 Å². The van der Waals surface area contributed by atoms with Crippen LogP contribution in [-0.2, 0) is 9.59 Å². The van der Waals surface area contributed by atoms with Crippen LogP contribution < -0.4 is 5.56 Å². The Labute approximate surface area is 89.1 Å². The van der Waals surface area contributed by atoms with E-state index in [4.69, 9.17) is 10.2 Å². The molecule has 0 aliphatic rings. The number of nitrogens with zero attached hydrogens (tertiary/aromatic N) is 1. The molecule has 0 amide bonds. The second-order valence-electron chi connectivity index (χ2n) is 2.82. The summed E-state index contributed by atoms with van der Waals surface area (Å²) in [5, 5.41) is 17.1. The predicted molar refractivity (Wildman–Crippen MR) is 54.0 cm³/mol.